The smallest absolute Gasteiger partial charge is 0.151 e. The molecule has 21 heavy (non-hydrogen) atoms. The van der Waals surface area contributed by atoms with Crippen LogP contribution in [-0.4, -0.2) is 16.8 Å². The number of aromatic nitrogens is 2. The lowest BCUT2D eigenvalue weighted by molar-refractivity contribution is 0.304. The van der Waals surface area contributed by atoms with Crippen molar-refractivity contribution in [2.75, 3.05) is 6.61 Å². The van der Waals surface area contributed by atoms with Crippen LogP contribution in [0.1, 0.15) is 39.0 Å². The van der Waals surface area contributed by atoms with E-state index >= 15 is 0 Å². The molecule has 2 aromatic rings. The number of benzene rings is 1. The lowest BCUT2D eigenvalue weighted by Crippen LogP contribution is -1.97. The lowest BCUT2D eigenvalue weighted by atomic mass is 10.1. The van der Waals surface area contributed by atoms with E-state index in [-0.39, 0.29) is 0 Å². The second-order valence-corrected chi connectivity index (χ2v) is 5.42. The molecule has 0 aliphatic carbocycles. The zero-order chi connectivity index (χ0) is 14.9. The van der Waals surface area contributed by atoms with Crippen molar-refractivity contribution in [3.63, 3.8) is 0 Å². The molecular formula is C17H21ClN2O. The summed E-state index contributed by atoms with van der Waals surface area (Å²) in [4.78, 5) is 0. The fraction of sp³-hybridized carbons (Fsp3) is 0.412. The SMILES string of the molecule is CCCCCCCOc1ccc(-c2ccc(Cl)nn2)cc1. The average molecular weight is 305 g/mol. The first-order valence-corrected chi connectivity index (χ1v) is 7.90. The van der Waals surface area contributed by atoms with E-state index in [0.717, 1.165) is 30.0 Å². The van der Waals surface area contributed by atoms with Crippen LogP contribution < -0.4 is 4.74 Å². The number of halogens is 1. The van der Waals surface area contributed by atoms with Crippen molar-refractivity contribution in [1.82, 2.24) is 10.2 Å². The van der Waals surface area contributed by atoms with Crippen LogP contribution in [0, 0.1) is 0 Å². The largest absolute Gasteiger partial charge is 0.494 e. The molecule has 0 bridgehead atoms. The van der Waals surface area contributed by atoms with Crippen LogP contribution in [0.3, 0.4) is 0 Å². The predicted octanol–water partition coefficient (Wildman–Crippen LogP) is 5.15. The summed E-state index contributed by atoms with van der Waals surface area (Å²) in [5.41, 5.74) is 1.82. The first-order chi connectivity index (χ1) is 10.3. The Labute approximate surface area is 131 Å². The Bertz CT molecular complexity index is 525. The number of rotatable bonds is 8. The zero-order valence-corrected chi connectivity index (χ0v) is 13.1. The van der Waals surface area contributed by atoms with Gasteiger partial charge in [-0.15, -0.1) is 10.2 Å². The second-order valence-electron chi connectivity index (χ2n) is 5.03. The Morgan fingerprint density at radius 3 is 2.33 bits per heavy atom. The highest BCUT2D eigenvalue weighted by Crippen LogP contribution is 2.21. The molecule has 0 atom stereocenters. The fourth-order valence-corrected chi connectivity index (χ4v) is 2.19. The minimum Gasteiger partial charge on any atom is -0.494 e. The third-order valence-electron chi connectivity index (χ3n) is 3.30. The highest BCUT2D eigenvalue weighted by Gasteiger charge is 2.01. The van der Waals surface area contributed by atoms with Gasteiger partial charge in [-0.1, -0.05) is 44.2 Å². The molecular weight excluding hydrogens is 284 g/mol. The van der Waals surface area contributed by atoms with Crippen LogP contribution in [0.15, 0.2) is 36.4 Å². The van der Waals surface area contributed by atoms with E-state index < -0.39 is 0 Å². The molecule has 1 aromatic carbocycles. The maximum absolute atomic E-state index is 5.74. The van der Waals surface area contributed by atoms with Gasteiger partial charge in [-0.25, -0.2) is 0 Å². The minimum atomic E-state index is 0.404. The van der Waals surface area contributed by atoms with Crippen LogP contribution >= 0.6 is 11.6 Å². The van der Waals surface area contributed by atoms with Gasteiger partial charge < -0.3 is 4.74 Å². The van der Waals surface area contributed by atoms with Gasteiger partial charge in [0.05, 0.1) is 12.3 Å². The summed E-state index contributed by atoms with van der Waals surface area (Å²) < 4.78 is 5.74. The van der Waals surface area contributed by atoms with Gasteiger partial charge in [0.25, 0.3) is 0 Å². The lowest BCUT2D eigenvalue weighted by Gasteiger charge is -2.07. The van der Waals surface area contributed by atoms with E-state index in [4.69, 9.17) is 16.3 Å². The van der Waals surface area contributed by atoms with Crippen LogP contribution in [0.4, 0.5) is 0 Å². The molecule has 2 rings (SSSR count). The molecule has 112 valence electrons. The van der Waals surface area contributed by atoms with Crippen LogP contribution in [0.25, 0.3) is 11.3 Å². The highest BCUT2D eigenvalue weighted by atomic mass is 35.5. The first kappa shape index (κ1) is 15.8. The Kier molecular flexibility index (Phi) is 6.48. The minimum absolute atomic E-state index is 0.404. The summed E-state index contributed by atoms with van der Waals surface area (Å²) >= 11 is 5.73. The number of hydrogen-bond acceptors (Lipinski definition) is 3. The van der Waals surface area contributed by atoms with Crippen LogP contribution in [0.2, 0.25) is 5.15 Å². The summed E-state index contributed by atoms with van der Waals surface area (Å²) in [6.45, 7) is 3.01. The maximum atomic E-state index is 5.74. The molecule has 1 aromatic heterocycles. The standard InChI is InChI=1S/C17H21ClN2O/c1-2-3-4-5-6-13-21-15-9-7-14(8-10-15)16-11-12-17(18)20-19-16/h7-12H,2-6,13H2,1H3. The summed E-state index contributed by atoms with van der Waals surface area (Å²) in [5, 5.41) is 8.31. The van der Waals surface area contributed by atoms with Crippen molar-refractivity contribution in [2.45, 2.75) is 39.0 Å². The Hall–Kier alpha value is -1.61. The molecule has 0 fully saturated rings. The van der Waals surface area contributed by atoms with E-state index in [1.165, 1.54) is 25.7 Å². The van der Waals surface area contributed by atoms with Crippen molar-refractivity contribution in [3.8, 4) is 17.0 Å². The van der Waals surface area contributed by atoms with Gasteiger partial charge in [-0.05, 0) is 42.8 Å². The van der Waals surface area contributed by atoms with Crippen LogP contribution in [-0.2, 0) is 0 Å². The van der Waals surface area contributed by atoms with E-state index in [9.17, 15) is 0 Å². The quantitative estimate of drug-likeness (QED) is 0.633. The highest BCUT2D eigenvalue weighted by molar-refractivity contribution is 6.29. The monoisotopic (exact) mass is 304 g/mol. The average Bonchev–Trinajstić information content (AvgIpc) is 2.52. The van der Waals surface area contributed by atoms with Crippen LogP contribution in [0.5, 0.6) is 5.75 Å². The first-order valence-electron chi connectivity index (χ1n) is 7.52. The topological polar surface area (TPSA) is 35.0 Å². The number of nitrogens with zero attached hydrogens (tertiary/aromatic N) is 2. The van der Waals surface area contributed by atoms with Gasteiger partial charge in [0.1, 0.15) is 5.75 Å². The van der Waals surface area contributed by atoms with Gasteiger partial charge in [0, 0.05) is 5.56 Å². The molecule has 0 radical (unpaired) electrons. The van der Waals surface area contributed by atoms with E-state index in [0.29, 0.717) is 5.15 Å². The van der Waals surface area contributed by atoms with Gasteiger partial charge >= 0.3 is 0 Å². The van der Waals surface area contributed by atoms with Gasteiger partial charge in [0.2, 0.25) is 0 Å². The van der Waals surface area contributed by atoms with Crippen molar-refractivity contribution in [3.05, 3.63) is 41.6 Å². The molecule has 0 saturated carbocycles. The van der Waals surface area contributed by atoms with Crippen molar-refractivity contribution >= 4 is 11.6 Å². The van der Waals surface area contributed by atoms with Gasteiger partial charge in [-0.2, -0.15) is 0 Å². The van der Waals surface area contributed by atoms with Gasteiger partial charge in [-0.3, -0.25) is 0 Å². The predicted molar refractivity (Wildman–Crippen MR) is 86.7 cm³/mol. The normalized spacial score (nSPS) is 10.6. The molecule has 0 amide bonds. The Balaban J connectivity index is 1.80. The number of hydrogen-bond donors (Lipinski definition) is 0. The molecule has 4 heteroatoms. The summed E-state index contributed by atoms with van der Waals surface area (Å²) in [6.07, 6.45) is 6.25. The van der Waals surface area contributed by atoms with Crippen molar-refractivity contribution in [2.24, 2.45) is 0 Å². The maximum Gasteiger partial charge on any atom is 0.151 e. The fourth-order valence-electron chi connectivity index (χ4n) is 2.09. The Morgan fingerprint density at radius 1 is 0.905 bits per heavy atom. The molecule has 0 aliphatic rings. The number of ether oxygens (including phenoxy) is 1. The molecule has 0 spiro atoms. The van der Waals surface area contributed by atoms with E-state index in [1.54, 1.807) is 6.07 Å². The van der Waals surface area contributed by atoms with Gasteiger partial charge in [0.15, 0.2) is 5.15 Å². The molecule has 0 aliphatic heterocycles. The van der Waals surface area contributed by atoms with E-state index in [1.807, 2.05) is 30.3 Å². The second kappa shape index (κ2) is 8.63. The zero-order valence-electron chi connectivity index (χ0n) is 12.4. The molecule has 0 N–H and O–H groups in total. The third-order valence-corrected chi connectivity index (χ3v) is 3.50. The summed E-state index contributed by atoms with van der Waals surface area (Å²) in [7, 11) is 0. The van der Waals surface area contributed by atoms with E-state index in [2.05, 4.69) is 17.1 Å². The van der Waals surface area contributed by atoms with Crippen molar-refractivity contribution in [1.29, 1.82) is 0 Å². The summed E-state index contributed by atoms with van der Waals surface area (Å²) in [5.74, 6) is 0.899. The number of unbranched alkanes of at least 4 members (excludes halogenated alkanes) is 4. The van der Waals surface area contributed by atoms with Crippen molar-refractivity contribution < 1.29 is 4.74 Å². The summed E-state index contributed by atoms with van der Waals surface area (Å²) in [6, 6.07) is 11.5. The molecule has 1 heterocycles. The molecule has 0 unspecified atom stereocenters. The Morgan fingerprint density at radius 2 is 1.67 bits per heavy atom. The third kappa shape index (κ3) is 5.35. The molecule has 0 saturated heterocycles. The molecule has 3 nitrogen and oxygen atoms in total.